The topological polar surface area (TPSA) is 129 Å². The summed E-state index contributed by atoms with van der Waals surface area (Å²) in [6.45, 7) is 5.96. The molecule has 30 heavy (non-hydrogen) atoms. The number of unbranched alkanes of at least 4 members (excludes halogenated alkanes) is 1. The Labute approximate surface area is 174 Å². The minimum absolute atomic E-state index is 0.0461. The van der Waals surface area contributed by atoms with Crippen molar-refractivity contribution in [2.24, 2.45) is 0 Å². The van der Waals surface area contributed by atoms with Crippen LogP contribution < -0.4 is 20.1 Å². The molecule has 1 aromatic rings. The summed E-state index contributed by atoms with van der Waals surface area (Å²) in [5.41, 5.74) is 0.597. The van der Waals surface area contributed by atoms with E-state index in [-0.39, 0.29) is 41.5 Å². The van der Waals surface area contributed by atoms with Crippen LogP contribution in [0.4, 0.5) is 10.5 Å². The molecular weight excluding hydrogens is 394 g/mol. The molecule has 0 bridgehead atoms. The van der Waals surface area contributed by atoms with E-state index in [0.717, 1.165) is 12.8 Å². The Morgan fingerprint density at radius 1 is 1.17 bits per heavy atom. The van der Waals surface area contributed by atoms with Gasteiger partial charge in [-0.25, -0.2) is 9.59 Å². The molecule has 2 rings (SSSR count). The van der Waals surface area contributed by atoms with E-state index in [4.69, 9.17) is 14.2 Å². The lowest BCUT2D eigenvalue weighted by Crippen LogP contribution is -2.46. The maximum atomic E-state index is 12.6. The van der Waals surface area contributed by atoms with Crippen molar-refractivity contribution in [3.05, 3.63) is 39.1 Å². The molecule has 1 heterocycles. The number of nitro benzene ring substituents is 1. The van der Waals surface area contributed by atoms with Gasteiger partial charge in [0.2, 0.25) is 5.75 Å². The number of nitrogens with one attached hydrogen (secondary N) is 2. The van der Waals surface area contributed by atoms with E-state index in [1.165, 1.54) is 19.2 Å². The van der Waals surface area contributed by atoms with Crippen LogP contribution in [0.2, 0.25) is 0 Å². The highest BCUT2D eigenvalue weighted by Gasteiger charge is 2.36. The molecule has 0 spiro atoms. The van der Waals surface area contributed by atoms with Gasteiger partial charge in [0.15, 0.2) is 0 Å². The molecule has 2 amide bonds. The number of nitrogens with zero attached hydrogens (tertiary/aromatic N) is 1. The summed E-state index contributed by atoms with van der Waals surface area (Å²) in [7, 11) is 1.24. The molecule has 1 unspecified atom stereocenters. The van der Waals surface area contributed by atoms with Gasteiger partial charge >= 0.3 is 17.7 Å². The van der Waals surface area contributed by atoms with Crippen molar-refractivity contribution in [2.45, 2.75) is 46.1 Å². The predicted octanol–water partition coefficient (Wildman–Crippen LogP) is 3.36. The number of hydrogen-bond acceptors (Lipinski definition) is 7. The zero-order valence-corrected chi connectivity index (χ0v) is 17.6. The van der Waals surface area contributed by atoms with Crippen LogP contribution in [0.1, 0.15) is 51.6 Å². The first kappa shape index (κ1) is 23.0. The van der Waals surface area contributed by atoms with Crippen LogP contribution in [0.15, 0.2) is 23.4 Å². The first-order valence-electron chi connectivity index (χ1n) is 9.84. The molecule has 0 saturated carbocycles. The highest BCUT2D eigenvalue weighted by Crippen LogP contribution is 2.41. The minimum atomic E-state index is -0.978. The van der Waals surface area contributed by atoms with Crippen LogP contribution in [0, 0.1) is 10.1 Å². The maximum absolute atomic E-state index is 12.6. The van der Waals surface area contributed by atoms with Gasteiger partial charge < -0.3 is 24.8 Å². The Balaban J connectivity index is 2.72. The third-order valence-corrected chi connectivity index (χ3v) is 4.54. The van der Waals surface area contributed by atoms with Gasteiger partial charge in [-0.3, -0.25) is 10.1 Å². The van der Waals surface area contributed by atoms with Gasteiger partial charge in [-0.1, -0.05) is 13.3 Å². The molecule has 1 aliphatic rings. The maximum Gasteiger partial charge on any atom is 0.337 e. The Kier molecular flexibility index (Phi) is 8.02. The van der Waals surface area contributed by atoms with Crippen molar-refractivity contribution in [3.63, 3.8) is 0 Å². The summed E-state index contributed by atoms with van der Waals surface area (Å²) in [5, 5.41) is 17.0. The van der Waals surface area contributed by atoms with E-state index >= 15 is 0 Å². The fourth-order valence-corrected chi connectivity index (χ4v) is 3.24. The molecule has 1 atom stereocenters. The molecule has 10 heteroatoms. The summed E-state index contributed by atoms with van der Waals surface area (Å²) in [6, 6.07) is 1.19. The van der Waals surface area contributed by atoms with Crippen LogP contribution >= 0.6 is 0 Å². The van der Waals surface area contributed by atoms with E-state index in [2.05, 4.69) is 10.6 Å². The summed E-state index contributed by atoms with van der Waals surface area (Å²) >= 11 is 0. The average molecular weight is 421 g/mol. The lowest BCUT2D eigenvalue weighted by molar-refractivity contribution is -0.385. The molecule has 164 valence electrons. The van der Waals surface area contributed by atoms with E-state index in [1.54, 1.807) is 13.8 Å². The first-order valence-corrected chi connectivity index (χ1v) is 9.84. The smallest absolute Gasteiger partial charge is 0.337 e. The zero-order valence-electron chi connectivity index (χ0n) is 17.6. The number of rotatable bonds is 10. The molecule has 1 aromatic carbocycles. The molecule has 0 saturated heterocycles. The second kappa shape index (κ2) is 10.5. The van der Waals surface area contributed by atoms with Crippen LogP contribution in [-0.2, 0) is 9.53 Å². The third-order valence-electron chi connectivity index (χ3n) is 4.54. The van der Waals surface area contributed by atoms with Crippen molar-refractivity contribution in [1.29, 1.82) is 0 Å². The Bertz CT molecular complexity index is 851. The van der Waals surface area contributed by atoms with Crippen LogP contribution in [0.25, 0.3) is 0 Å². The lowest BCUT2D eigenvalue weighted by Gasteiger charge is -2.30. The van der Waals surface area contributed by atoms with E-state index in [0.29, 0.717) is 12.1 Å². The Morgan fingerprint density at radius 3 is 2.40 bits per heavy atom. The minimum Gasteiger partial charge on any atom is -0.493 e. The largest absolute Gasteiger partial charge is 0.493 e. The zero-order chi connectivity index (χ0) is 22.3. The first-order chi connectivity index (χ1) is 14.4. The number of ether oxygens (including phenoxy) is 3. The van der Waals surface area contributed by atoms with Gasteiger partial charge in [-0.05, 0) is 26.7 Å². The molecule has 0 fully saturated rings. The molecule has 2 N–H and O–H groups in total. The number of carbonyl (C=O) groups is 2. The van der Waals surface area contributed by atoms with Gasteiger partial charge in [0.1, 0.15) is 5.75 Å². The second-order valence-corrected chi connectivity index (χ2v) is 6.50. The van der Waals surface area contributed by atoms with Crippen molar-refractivity contribution in [2.75, 3.05) is 20.3 Å². The Hall–Kier alpha value is -3.30. The van der Waals surface area contributed by atoms with Gasteiger partial charge in [-0.2, -0.15) is 0 Å². The molecule has 0 aromatic heterocycles. The number of esters is 1. The summed E-state index contributed by atoms with van der Waals surface area (Å²) < 4.78 is 16.0. The summed E-state index contributed by atoms with van der Waals surface area (Å²) in [6.07, 6.45) is 2.04. The molecule has 0 aliphatic carbocycles. The third kappa shape index (κ3) is 5.00. The summed E-state index contributed by atoms with van der Waals surface area (Å²) in [5.74, 6) is -0.322. The number of methoxy groups -OCH3 is 1. The molecule has 10 nitrogen and oxygen atoms in total. The van der Waals surface area contributed by atoms with E-state index in [1.807, 2.05) is 6.92 Å². The van der Waals surface area contributed by atoms with E-state index < -0.39 is 23.0 Å². The van der Waals surface area contributed by atoms with Crippen molar-refractivity contribution < 1.29 is 28.7 Å². The predicted molar refractivity (Wildman–Crippen MR) is 108 cm³/mol. The van der Waals surface area contributed by atoms with Crippen molar-refractivity contribution in [3.8, 4) is 11.5 Å². The lowest BCUT2D eigenvalue weighted by atomic mass is 9.92. The highest BCUT2D eigenvalue weighted by molar-refractivity contribution is 5.95. The van der Waals surface area contributed by atoms with Gasteiger partial charge in [0, 0.05) is 23.4 Å². The van der Waals surface area contributed by atoms with Crippen LogP contribution in [-0.4, -0.2) is 37.2 Å². The Morgan fingerprint density at radius 2 is 1.83 bits per heavy atom. The number of carbonyl (C=O) groups excluding carboxylic acids is 2. The molecular formula is C20H27N3O7. The monoisotopic (exact) mass is 421 g/mol. The fourth-order valence-electron chi connectivity index (χ4n) is 3.24. The van der Waals surface area contributed by atoms with E-state index in [9.17, 15) is 19.7 Å². The number of nitro groups is 1. The van der Waals surface area contributed by atoms with Crippen molar-refractivity contribution >= 4 is 17.7 Å². The summed E-state index contributed by atoms with van der Waals surface area (Å²) in [4.78, 5) is 36.0. The normalized spacial score (nSPS) is 15.9. The standard InChI is InChI=1S/C20H27N3O7/c1-5-8-9-13-17(19(24)28-4)18(22-20(25)21-13)12-10-14(23(26)27)16(30-7-3)11-15(12)29-6-2/h10-11,18H,5-9H2,1-4H3,(H2,21,22,25). The number of hydrogen-bond donors (Lipinski definition) is 2. The quantitative estimate of drug-likeness (QED) is 0.337. The average Bonchev–Trinajstić information content (AvgIpc) is 2.71. The number of amides is 2. The van der Waals surface area contributed by atoms with Crippen LogP contribution in [0.5, 0.6) is 11.5 Å². The molecule has 1 aliphatic heterocycles. The molecule has 0 radical (unpaired) electrons. The van der Waals surface area contributed by atoms with Crippen LogP contribution in [0.3, 0.4) is 0 Å². The number of allylic oxidation sites excluding steroid dienone is 1. The highest BCUT2D eigenvalue weighted by atomic mass is 16.6. The number of urea groups is 1. The van der Waals surface area contributed by atoms with Gasteiger partial charge in [0.25, 0.3) is 0 Å². The second-order valence-electron chi connectivity index (χ2n) is 6.50. The van der Waals surface area contributed by atoms with Crippen molar-refractivity contribution in [1.82, 2.24) is 10.6 Å². The fraction of sp³-hybridized carbons (Fsp3) is 0.500. The van der Waals surface area contributed by atoms with Gasteiger partial charge in [-0.15, -0.1) is 0 Å². The van der Waals surface area contributed by atoms with Gasteiger partial charge in [0.05, 0.1) is 36.9 Å². The number of benzene rings is 1. The SMILES string of the molecule is CCCCC1=C(C(=O)OC)C(c2cc([N+](=O)[O-])c(OCC)cc2OCC)NC(=O)N1.